The molecule has 79 heavy (non-hydrogen) atoms. The zero-order valence-corrected chi connectivity index (χ0v) is 43.5. The third-order valence-electron chi connectivity index (χ3n) is 18.3. The molecule has 3 aliphatic carbocycles. The van der Waals surface area contributed by atoms with Gasteiger partial charge in [-0.1, -0.05) is 212 Å². The van der Waals surface area contributed by atoms with Crippen LogP contribution >= 0.6 is 11.8 Å². The second-order valence-corrected chi connectivity index (χ2v) is 22.8. The van der Waals surface area contributed by atoms with E-state index in [9.17, 15) is 0 Å². The average Bonchev–Trinajstić information content (AvgIpc) is 3.61. The van der Waals surface area contributed by atoms with Crippen molar-refractivity contribution in [2.45, 2.75) is 26.0 Å². The highest BCUT2D eigenvalue weighted by molar-refractivity contribution is 7.99. The van der Waals surface area contributed by atoms with Gasteiger partial charge in [-0.3, -0.25) is 0 Å². The van der Waals surface area contributed by atoms with E-state index in [1.165, 1.54) is 87.7 Å². The van der Waals surface area contributed by atoms with Gasteiger partial charge < -0.3 is 14.4 Å². The molecule has 0 bridgehead atoms. The molecule has 368 valence electrons. The Kier molecular flexibility index (Phi) is 8.67. The van der Waals surface area contributed by atoms with Gasteiger partial charge in [0.1, 0.15) is 23.0 Å². The van der Waals surface area contributed by atoms with E-state index >= 15 is 0 Å². The molecule has 0 N–H and O–H groups in total. The molecule has 4 heteroatoms. The first-order valence-corrected chi connectivity index (χ1v) is 28.1. The van der Waals surface area contributed by atoms with Crippen LogP contribution in [0.25, 0.3) is 33.4 Å². The van der Waals surface area contributed by atoms with Crippen LogP contribution in [0.1, 0.15) is 66.8 Å². The lowest BCUT2D eigenvalue weighted by Gasteiger charge is -2.40. The molecule has 3 nitrogen and oxygen atoms in total. The summed E-state index contributed by atoms with van der Waals surface area (Å²) in [6, 6.07) is 102. The molecular weight excluding hydrogens is 979 g/mol. The Morgan fingerprint density at radius 1 is 0.228 bits per heavy atom. The van der Waals surface area contributed by atoms with E-state index < -0.39 is 16.2 Å². The lowest BCUT2D eigenvalue weighted by Crippen LogP contribution is -2.32. The standard InChI is InChI=1S/C75H45NO2S/c1-4-22-55-49(19-1)52-40-37-48(45-66(52)75(55)64-29-11-17-35-71(64)79-72-36-18-12-30-65(72)75)76(46-38-41-58-53(43-46)50-20-2-5-23-56(50)73(58)60-25-7-13-31-67(60)77-68-32-14-8-26-61(68)73)47-39-42-59-54(44-47)51-21-3-6-24-57(51)74(59)62-27-9-15-33-69(62)78-70-34-16-10-28-63(70)74/h1-45H. The van der Waals surface area contributed by atoms with E-state index in [0.29, 0.717) is 0 Å². The summed E-state index contributed by atoms with van der Waals surface area (Å²) in [5, 5.41) is 0. The number of hydrogen-bond donors (Lipinski definition) is 0. The Morgan fingerprint density at radius 2 is 0.519 bits per heavy atom. The fourth-order valence-corrected chi connectivity index (χ4v) is 16.6. The van der Waals surface area contributed by atoms with Gasteiger partial charge in [-0.05, 0) is 151 Å². The van der Waals surface area contributed by atoms with Crippen molar-refractivity contribution < 1.29 is 9.47 Å². The van der Waals surface area contributed by atoms with Crippen LogP contribution in [0.4, 0.5) is 17.1 Å². The second kappa shape index (κ2) is 15.8. The summed E-state index contributed by atoms with van der Waals surface area (Å²) < 4.78 is 13.5. The largest absolute Gasteiger partial charge is 0.457 e. The van der Waals surface area contributed by atoms with E-state index in [2.05, 4.69) is 278 Å². The summed E-state index contributed by atoms with van der Waals surface area (Å²) in [6.07, 6.45) is 0. The number of ether oxygens (including phenoxy) is 2. The Balaban J connectivity index is 0.918. The SMILES string of the molecule is c1ccc2c(c1)Oc1ccccc1C21c2ccccc2-c2cc(N(c3ccc4c(c3)-c3ccccc3C43c4ccccc4Oc4ccccc43)c3ccc4c(c3)C3(c5ccccc5Sc5ccccc53)c3ccccc3-4)ccc21. The molecule has 18 rings (SSSR count). The minimum atomic E-state index is -0.589. The fourth-order valence-electron chi connectivity index (χ4n) is 15.4. The number of nitrogens with zero attached hydrogens (tertiary/aromatic N) is 1. The zero-order valence-electron chi connectivity index (χ0n) is 42.7. The first-order valence-electron chi connectivity index (χ1n) is 27.3. The zero-order chi connectivity index (χ0) is 51.6. The summed E-state index contributed by atoms with van der Waals surface area (Å²) in [6.45, 7) is 0. The lowest BCUT2D eigenvalue weighted by atomic mass is 9.66. The normalized spacial score (nSPS) is 15.3. The minimum Gasteiger partial charge on any atom is -0.457 e. The molecule has 12 aromatic carbocycles. The predicted molar refractivity (Wildman–Crippen MR) is 317 cm³/mol. The highest BCUT2D eigenvalue weighted by Gasteiger charge is 2.54. The smallest absolute Gasteiger partial charge is 0.132 e. The van der Waals surface area contributed by atoms with Gasteiger partial charge in [-0.15, -0.1) is 0 Å². The summed E-state index contributed by atoms with van der Waals surface area (Å²) >= 11 is 1.88. The van der Waals surface area contributed by atoms with E-state index in [-0.39, 0.29) is 0 Å². The number of rotatable bonds is 3. The van der Waals surface area contributed by atoms with Crippen molar-refractivity contribution in [3.8, 4) is 56.4 Å². The first-order chi connectivity index (χ1) is 39.2. The molecule has 6 aliphatic rings. The molecule has 3 heterocycles. The molecule has 12 aromatic rings. The third kappa shape index (κ3) is 5.39. The van der Waals surface area contributed by atoms with Gasteiger partial charge in [0.2, 0.25) is 0 Å². The summed E-state index contributed by atoms with van der Waals surface area (Å²) in [5.41, 5.74) is 23.8. The summed E-state index contributed by atoms with van der Waals surface area (Å²) in [7, 11) is 0. The number of hydrogen-bond acceptors (Lipinski definition) is 4. The lowest BCUT2D eigenvalue weighted by molar-refractivity contribution is 0.436. The topological polar surface area (TPSA) is 21.7 Å². The van der Waals surface area contributed by atoms with E-state index in [1.807, 2.05) is 11.8 Å². The molecule has 0 unspecified atom stereocenters. The maximum atomic E-state index is 6.75. The number of benzene rings is 12. The van der Waals surface area contributed by atoms with E-state index in [0.717, 1.165) is 62.3 Å². The maximum absolute atomic E-state index is 6.75. The molecule has 0 radical (unpaired) electrons. The van der Waals surface area contributed by atoms with Gasteiger partial charge in [0.25, 0.3) is 0 Å². The third-order valence-corrected chi connectivity index (χ3v) is 19.4. The van der Waals surface area contributed by atoms with Crippen LogP contribution in [-0.4, -0.2) is 0 Å². The minimum absolute atomic E-state index is 0.549. The van der Waals surface area contributed by atoms with Crippen molar-refractivity contribution in [2.24, 2.45) is 0 Å². The van der Waals surface area contributed by atoms with Crippen LogP contribution in [0.2, 0.25) is 0 Å². The fraction of sp³-hybridized carbons (Fsp3) is 0.0400. The van der Waals surface area contributed by atoms with E-state index in [4.69, 9.17) is 9.47 Å². The van der Waals surface area contributed by atoms with Crippen molar-refractivity contribution in [2.75, 3.05) is 4.90 Å². The van der Waals surface area contributed by atoms with Crippen LogP contribution in [0.3, 0.4) is 0 Å². The van der Waals surface area contributed by atoms with Gasteiger partial charge in [0.05, 0.1) is 16.2 Å². The van der Waals surface area contributed by atoms with Crippen LogP contribution < -0.4 is 14.4 Å². The van der Waals surface area contributed by atoms with Gasteiger partial charge >= 0.3 is 0 Å². The van der Waals surface area contributed by atoms with Crippen molar-refractivity contribution in [1.82, 2.24) is 0 Å². The van der Waals surface area contributed by atoms with Crippen molar-refractivity contribution >= 4 is 28.8 Å². The number of anilines is 3. The van der Waals surface area contributed by atoms with Gasteiger partial charge in [0, 0.05) is 49.1 Å². The van der Waals surface area contributed by atoms with Crippen molar-refractivity contribution in [1.29, 1.82) is 0 Å². The molecule has 3 spiro atoms. The quantitative estimate of drug-likeness (QED) is 0.176. The predicted octanol–water partition coefficient (Wildman–Crippen LogP) is 18.9. The van der Waals surface area contributed by atoms with Crippen molar-refractivity contribution in [3.63, 3.8) is 0 Å². The molecule has 0 saturated heterocycles. The Hall–Kier alpha value is -9.61. The average molecular weight is 1020 g/mol. The van der Waals surface area contributed by atoms with Crippen LogP contribution in [0.5, 0.6) is 23.0 Å². The molecule has 0 aromatic heterocycles. The highest BCUT2D eigenvalue weighted by Crippen LogP contribution is 2.67. The maximum Gasteiger partial charge on any atom is 0.132 e. The Labute approximate surface area is 462 Å². The van der Waals surface area contributed by atoms with E-state index in [1.54, 1.807) is 0 Å². The first kappa shape index (κ1) is 43.5. The highest BCUT2D eigenvalue weighted by atomic mass is 32.2. The molecule has 0 saturated carbocycles. The Bertz CT molecular complexity index is 4310. The number of fused-ring (bicyclic) bond motifs is 27. The molecule has 3 aliphatic heterocycles. The van der Waals surface area contributed by atoms with Gasteiger partial charge in [-0.25, -0.2) is 0 Å². The number of para-hydroxylation sites is 4. The molecule has 0 amide bonds. The monoisotopic (exact) mass is 1020 g/mol. The van der Waals surface area contributed by atoms with Crippen LogP contribution in [0.15, 0.2) is 283 Å². The molecule has 0 fully saturated rings. The second-order valence-electron chi connectivity index (χ2n) is 21.7. The van der Waals surface area contributed by atoms with Crippen molar-refractivity contribution in [3.05, 3.63) is 340 Å². The summed E-state index contributed by atoms with van der Waals surface area (Å²) in [4.78, 5) is 5.11. The molecular formula is C75H45NO2S. The van der Waals surface area contributed by atoms with Gasteiger partial charge in [-0.2, -0.15) is 0 Å². The van der Waals surface area contributed by atoms with Gasteiger partial charge in [0.15, 0.2) is 0 Å². The molecule has 0 atom stereocenters. The summed E-state index contributed by atoms with van der Waals surface area (Å²) in [5.74, 6) is 3.55. The van der Waals surface area contributed by atoms with Crippen LogP contribution in [0, 0.1) is 0 Å². The van der Waals surface area contributed by atoms with Crippen LogP contribution in [-0.2, 0) is 16.2 Å². The Morgan fingerprint density at radius 3 is 0.949 bits per heavy atom.